The highest BCUT2D eigenvalue weighted by atomic mass is 19.1. The van der Waals surface area contributed by atoms with Crippen LogP contribution in [-0.2, 0) is 19.1 Å². The number of fused-ring (bicyclic) bond motifs is 1. The summed E-state index contributed by atoms with van der Waals surface area (Å²) in [6.07, 6.45) is 1.47. The highest BCUT2D eigenvalue weighted by Crippen LogP contribution is 2.43. The highest BCUT2D eigenvalue weighted by molar-refractivity contribution is 6.13. The number of ether oxygens (including phenoxy) is 2. The molecule has 7 heteroatoms. The third kappa shape index (κ3) is 2.66. The van der Waals surface area contributed by atoms with E-state index in [2.05, 4.69) is 4.99 Å². The molecule has 1 fully saturated rings. The lowest BCUT2D eigenvalue weighted by molar-refractivity contribution is -0.127. The van der Waals surface area contributed by atoms with Crippen LogP contribution in [0.3, 0.4) is 0 Å². The second kappa shape index (κ2) is 6.61. The Balaban J connectivity index is 1.69. The lowest BCUT2D eigenvalue weighted by Crippen LogP contribution is -2.45. The number of Topliss-reactive ketones (excluding diaryl/α,β-unsaturated/α-hetero) is 2. The summed E-state index contributed by atoms with van der Waals surface area (Å²) < 4.78 is 30.5. The van der Waals surface area contributed by atoms with Gasteiger partial charge in [0, 0.05) is 11.5 Å². The molecule has 1 saturated heterocycles. The van der Waals surface area contributed by atoms with Gasteiger partial charge in [-0.15, -0.1) is 0 Å². The monoisotopic (exact) mass is 381 g/mol. The largest absolute Gasteiger partial charge is 0.464 e. The van der Waals surface area contributed by atoms with Crippen LogP contribution in [-0.4, -0.2) is 43.7 Å². The Hall–Kier alpha value is -2.90. The molecule has 0 aliphatic carbocycles. The van der Waals surface area contributed by atoms with Gasteiger partial charge in [0.05, 0.1) is 42.4 Å². The van der Waals surface area contributed by atoms with Gasteiger partial charge in [0.2, 0.25) is 0 Å². The van der Waals surface area contributed by atoms with E-state index < -0.39 is 17.7 Å². The normalized spacial score (nSPS) is 24.7. The van der Waals surface area contributed by atoms with Gasteiger partial charge in [0.15, 0.2) is 11.6 Å². The molecule has 0 saturated carbocycles. The van der Waals surface area contributed by atoms with Crippen molar-refractivity contribution < 1.29 is 27.9 Å². The van der Waals surface area contributed by atoms with Crippen LogP contribution in [0.5, 0.6) is 0 Å². The van der Waals surface area contributed by atoms with Gasteiger partial charge in [-0.3, -0.25) is 14.6 Å². The van der Waals surface area contributed by atoms with E-state index in [1.165, 1.54) is 12.3 Å². The van der Waals surface area contributed by atoms with E-state index in [1.807, 2.05) is 0 Å². The quantitative estimate of drug-likeness (QED) is 0.799. The number of hydrogen-bond acceptors (Lipinski definition) is 6. The average Bonchev–Trinajstić information content (AvgIpc) is 3.22. The van der Waals surface area contributed by atoms with Crippen LogP contribution in [0.2, 0.25) is 0 Å². The smallest absolute Gasteiger partial charge is 0.187 e. The first kappa shape index (κ1) is 17.2. The number of carbonyl (C=O) groups excluding carboxylic acids is 2. The van der Waals surface area contributed by atoms with E-state index >= 15 is 0 Å². The third-order valence-electron chi connectivity index (χ3n) is 5.34. The summed E-state index contributed by atoms with van der Waals surface area (Å²) >= 11 is 0. The van der Waals surface area contributed by atoms with Crippen molar-refractivity contribution in [1.82, 2.24) is 0 Å². The summed E-state index contributed by atoms with van der Waals surface area (Å²) in [7, 11) is 0. The number of ketones is 2. The molecule has 2 atom stereocenters. The van der Waals surface area contributed by atoms with Crippen LogP contribution in [0.4, 0.5) is 4.39 Å². The minimum atomic E-state index is -0.593. The summed E-state index contributed by atoms with van der Waals surface area (Å²) in [6.45, 7) is 0.349. The molecule has 0 bridgehead atoms. The zero-order valence-corrected chi connectivity index (χ0v) is 14.8. The predicted molar refractivity (Wildman–Crippen MR) is 96.4 cm³/mol. The molecule has 4 heterocycles. The van der Waals surface area contributed by atoms with Crippen molar-refractivity contribution in [2.45, 2.75) is 5.92 Å². The fraction of sp³-hybridized carbons (Fsp3) is 0.286. The van der Waals surface area contributed by atoms with Crippen LogP contribution in [0.1, 0.15) is 11.5 Å². The molecule has 2 unspecified atom stereocenters. The molecule has 2 aromatic rings. The minimum absolute atomic E-state index is 0.0280. The van der Waals surface area contributed by atoms with Gasteiger partial charge in [-0.05, 0) is 29.8 Å². The number of halogens is 1. The first-order valence-electron chi connectivity index (χ1n) is 8.98. The molecule has 28 heavy (non-hydrogen) atoms. The zero-order valence-electron chi connectivity index (χ0n) is 14.8. The molecule has 1 aromatic carbocycles. The first-order chi connectivity index (χ1) is 13.6. The fourth-order valence-corrected chi connectivity index (χ4v) is 4.16. The Labute approximate surface area is 159 Å². The maximum Gasteiger partial charge on any atom is 0.187 e. The Morgan fingerprint density at radius 1 is 1.00 bits per heavy atom. The SMILES string of the molecule is O=C1COCC2=C1C(c1ccc(F)c(-c3ccco3)c1)C1C(=O)COCC1=N2. The lowest BCUT2D eigenvalue weighted by Gasteiger charge is -2.37. The lowest BCUT2D eigenvalue weighted by atomic mass is 9.71. The summed E-state index contributed by atoms with van der Waals surface area (Å²) in [5.74, 6) is -1.51. The van der Waals surface area contributed by atoms with E-state index in [4.69, 9.17) is 13.9 Å². The van der Waals surface area contributed by atoms with Crippen molar-refractivity contribution in [2.75, 3.05) is 26.4 Å². The molecule has 5 rings (SSSR count). The topological polar surface area (TPSA) is 78.1 Å². The minimum Gasteiger partial charge on any atom is -0.464 e. The van der Waals surface area contributed by atoms with Crippen LogP contribution in [0.15, 0.2) is 57.3 Å². The van der Waals surface area contributed by atoms with Crippen molar-refractivity contribution in [1.29, 1.82) is 0 Å². The number of nitrogens with zero attached hydrogens (tertiary/aromatic N) is 1. The molecule has 142 valence electrons. The maximum absolute atomic E-state index is 14.4. The van der Waals surface area contributed by atoms with E-state index in [0.29, 0.717) is 28.3 Å². The van der Waals surface area contributed by atoms with E-state index in [0.717, 1.165) is 0 Å². The molecule has 0 spiro atoms. The molecule has 3 aliphatic rings. The molecule has 0 radical (unpaired) electrons. The van der Waals surface area contributed by atoms with Crippen LogP contribution in [0.25, 0.3) is 11.3 Å². The number of furan rings is 1. The van der Waals surface area contributed by atoms with Crippen LogP contribution < -0.4 is 0 Å². The van der Waals surface area contributed by atoms with Crippen molar-refractivity contribution in [3.63, 3.8) is 0 Å². The second-order valence-corrected chi connectivity index (χ2v) is 7.01. The van der Waals surface area contributed by atoms with Crippen molar-refractivity contribution >= 4 is 17.3 Å². The molecular weight excluding hydrogens is 365 g/mol. The van der Waals surface area contributed by atoms with Gasteiger partial charge in [-0.2, -0.15) is 0 Å². The van der Waals surface area contributed by atoms with Crippen LogP contribution in [0, 0.1) is 11.7 Å². The molecule has 6 nitrogen and oxygen atoms in total. The maximum atomic E-state index is 14.4. The van der Waals surface area contributed by atoms with Crippen LogP contribution >= 0.6 is 0 Å². The first-order valence-corrected chi connectivity index (χ1v) is 8.98. The van der Waals surface area contributed by atoms with Gasteiger partial charge < -0.3 is 13.9 Å². The highest BCUT2D eigenvalue weighted by Gasteiger charge is 2.45. The van der Waals surface area contributed by atoms with E-state index in [9.17, 15) is 14.0 Å². The number of aliphatic imine (C=N–C) groups is 1. The number of benzene rings is 1. The second-order valence-electron chi connectivity index (χ2n) is 7.01. The van der Waals surface area contributed by atoms with Gasteiger partial charge in [-0.1, -0.05) is 6.07 Å². The van der Waals surface area contributed by atoms with E-state index in [1.54, 1.807) is 24.3 Å². The van der Waals surface area contributed by atoms with Gasteiger partial charge in [0.25, 0.3) is 0 Å². The molecular formula is C21H16FNO5. The molecule has 0 N–H and O–H groups in total. The fourth-order valence-electron chi connectivity index (χ4n) is 4.16. The van der Waals surface area contributed by atoms with E-state index in [-0.39, 0.29) is 43.6 Å². The van der Waals surface area contributed by atoms with Gasteiger partial charge in [0.1, 0.15) is 24.8 Å². The molecule has 0 amide bonds. The number of hydrogen-bond donors (Lipinski definition) is 0. The number of carbonyl (C=O) groups is 2. The standard InChI is InChI=1S/C21H16FNO5/c22-13-4-3-11(6-12(13)18-2-1-5-28-18)19-20-14(7-26-9-16(20)24)23-15-8-27-10-17(25)21(15)19/h1-6,19-20H,7-10H2. The Bertz CT molecular complexity index is 1040. The van der Waals surface area contributed by atoms with Gasteiger partial charge in [-0.25, -0.2) is 4.39 Å². The average molecular weight is 381 g/mol. The predicted octanol–water partition coefficient (Wildman–Crippen LogP) is 2.69. The summed E-state index contributed by atoms with van der Waals surface area (Å²) in [5.41, 5.74) is 2.54. The molecule has 3 aliphatic heterocycles. The summed E-state index contributed by atoms with van der Waals surface area (Å²) in [6, 6.07) is 7.95. The van der Waals surface area contributed by atoms with Crippen molar-refractivity contribution in [3.05, 3.63) is 59.2 Å². The van der Waals surface area contributed by atoms with Crippen molar-refractivity contribution in [2.24, 2.45) is 10.9 Å². The summed E-state index contributed by atoms with van der Waals surface area (Å²) in [5, 5.41) is 0. The Morgan fingerprint density at radius 2 is 1.86 bits per heavy atom. The summed E-state index contributed by atoms with van der Waals surface area (Å²) in [4.78, 5) is 29.9. The Kier molecular flexibility index (Phi) is 4.07. The van der Waals surface area contributed by atoms with Crippen molar-refractivity contribution in [3.8, 4) is 11.3 Å². The third-order valence-corrected chi connectivity index (χ3v) is 5.34. The Morgan fingerprint density at radius 3 is 2.68 bits per heavy atom. The van der Waals surface area contributed by atoms with Gasteiger partial charge >= 0.3 is 0 Å². The molecule has 1 aromatic heterocycles. The number of rotatable bonds is 2. The zero-order chi connectivity index (χ0) is 19.3.